The van der Waals surface area contributed by atoms with Crippen LogP contribution in [0.15, 0.2) is 36.4 Å². The van der Waals surface area contributed by atoms with Gasteiger partial charge in [-0.3, -0.25) is 0 Å². The zero-order valence-corrected chi connectivity index (χ0v) is 14.1. The molecule has 0 aliphatic carbocycles. The van der Waals surface area contributed by atoms with E-state index in [-0.39, 0.29) is 0 Å². The molecule has 0 spiro atoms. The van der Waals surface area contributed by atoms with Gasteiger partial charge in [0.05, 0.1) is 7.11 Å². The Hall–Kier alpha value is -2.20. The largest absolute Gasteiger partial charge is 0.493 e. The lowest BCUT2D eigenvalue weighted by atomic mass is 10.1. The van der Waals surface area contributed by atoms with Gasteiger partial charge in [-0.1, -0.05) is 24.3 Å². The molecule has 2 aromatic carbocycles. The molecule has 0 saturated heterocycles. The molecule has 0 aromatic heterocycles. The van der Waals surface area contributed by atoms with Gasteiger partial charge in [0.2, 0.25) is 0 Å². The van der Waals surface area contributed by atoms with Gasteiger partial charge in [-0.2, -0.15) is 0 Å². The van der Waals surface area contributed by atoms with Crippen molar-refractivity contribution in [1.29, 1.82) is 0 Å². The average molecular weight is 315 g/mol. The number of ether oxygens (including phenoxy) is 3. The van der Waals surface area contributed by atoms with E-state index in [2.05, 4.69) is 19.9 Å². The van der Waals surface area contributed by atoms with Gasteiger partial charge in [-0.25, -0.2) is 0 Å². The van der Waals surface area contributed by atoms with Crippen molar-refractivity contribution in [3.05, 3.63) is 53.1 Å². The Bertz CT molecular complexity index is 641. The van der Waals surface area contributed by atoms with Crippen LogP contribution < -0.4 is 19.9 Å². The maximum absolute atomic E-state index is 5.90. The van der Waals surface area contributed by atoms with Gasteiger partial charge in [-0.05, 0) is 55.6 Å². The summed E-state index contributed by atoms with van der Waals surface area (Å²) in [6.07, 6.45) is 0.754. The van der Waals surface area contributed by atoms with E-state index in [0.717, 1.165) is 34.8 Å². The Morgan fingerprint density at radius 2 is 1.61 bits per heavy atom. The van der Waals surface area contributed by atoms with Gasteiger partial charge in [0.25, 0.3) is 0 Å². The number of methoxy groups -OCH3 is 1. The van der Waals surface area contributed by atoms with Crippen LogP contribution in [0.1, 0.15) is 16.7 Å². The number of nitrogens with two attached hydrogens (primary N) is 1. The lowest BCUT2D eigenvalue weighted by Crippen LogP contribution is -2.12. The van der Waals surface area contributed by atoms with Crippen molar-refractivity contribution in [2.45, 2.75) is 20.3 Å². The molecular formula is C19H25NO3. The van der Waals surface area contributed by atoms with Crippen LogP contribution in [-0.2, 0) is 6.42 Å². The molecule has 124 valence electrons. The molecule has 0 heterocycles. The Morgan fingerprint density at radius 1 is 0.913 bits per heavy atom. The topological polar surface area (TPSA) is 53.7 Å². The summed E-state index contributed by atoms with van der Waals surface area (Å²) < 4.78 is 17.1. The van der Waals surface area contributed by atoms with E-state index < -0.39 is 0 Å². The first kappa shape index (κ1) is 17.2. The highest BCUT2D eigenvalue weighted by molar-refractivity contribution is 5.46. The van der Waals surface area contributed by atoms with Crippen molar-refractivity contribution in [2.24, 2.45) is 5.73 Å². The molecule has 2 N–H and O–H groups in total. The molecule has 2 aromatic rings. The van der Waals surface area contributed by atoms with Crippen LogP contribution in [0.3, 0.4) is 0 Å². The van der Waals surface area contributed by atoms with Gasteiger partial charge >= 0.3 is 0 Å². The van der Waals surface area contributed by atoms with Crippen LogP contribution in [-0.4, -0.2) is 26.9 Å². The Balaban J connectivity index is 1.97. The number of aryl methyl sites for hydroxylation is 1. The summed E-state index contributed by atoms with van der Waals surface area (Å²) in [6, 6.07) is 11.9. The second kappa shape index (κ2) is 8.44. The summed E-state index contributed by atoms with van der Waals surface area (Å²) in [5, 5.41) is 0. The van der Waals surface area contributed by atoms with Crippen molar-refractivity contribution >= 4 is 0 Å². The average Bonchev–Trinajstić information content (AvgIpc) is 2.56. The van der Waals surface area contributed by atoms with Gasteiger partial charge in [0.1, 0.15) is 19.0 Å². The quantitative estimate of drug-likeness (QED) is 0.760. The van der Waals surface area contributed by atoms with Gasteiger partial charge < -0.3 is 19.9 Å². The molecule has 23 heavy (non-hydrogen) atoms. The van der Waals surface area contributed by atoms with E-state index in [1.165, 1.54) is 5.56 Å². The maximum atomic E-state index is 5.90. The first-order chi connectivity index (χ1) is 11.2. The molecule has 0 amide bonds. The standard InChI is InChI=1S/C19H25NO3/c1-14-6-4-8-17(15(14)2)22-12-13-23-19-16(10-11-20)7-5-9-18(19)21-3/h4-9H,10-13,20H2,1-3H3. The molecule has 4 nitrogen and oxygen atoms in total. The molecule has 0 bridgehead atoms. The molecule has 0 radical (unpaired) electrons. The van der Waals surface area contributed by atoms with Crippen molar-refractivity contribution in [1.82, 2.24) is 0 Å². The van der Waals surface area contributed by atoms with Gasteiger partial charge in [0.15, 0.2) is 11.5 Å². The smallest absolute Gasteiger partial charge is 0.164 e. The third-order valence-electron chi connectivity index (χ3n) is 3.84. The first-order valence-electron chi connectivity index (χ1n) is 7.85. The first-order valence-corrected chi connectivity index (χ1v) is 7.85. The van der Waals surface area contributed by atoms with Gasteiger partial charge in [0, 0.05) is 0 Å². The number of para-hydroxylation sites is 1. The predicted octanol–water partition coefficient (Wildman–Crippen LogP) is 3.27. The highest BCUT2D eigenvalue weighted by Crippen LogP contribution is 2.31. The van der Waals surface area contributed by atoms with E-state index >= 15 is 0 Å². The fraction of sp³-hybridized carbons (Fsp3) is 0.368. The Morgan fingerprint density at radius 3 is 2.35 bits per heavy atom. The molecule has 0 aliphatic rings. The lowest BCUT2D eigenvalue weighted by Gasteiger charge is -2.16. The number of benzene rings is 2. The molecule has 2 rings (SSSR count). The van der Waals surface area contributed by atoms with Gasteiger partial charge in [-0.15, -0.1) is 0 Å². The zero-order chi connectivity index (χ0) is 16.7. The summed E-state index contributed by atoms with van der Waals surface area (Å²) in [6.45, 7) is 5.63. The van der Waals surface area contributed by atoms with Crippen LogP contribution in [0.2, 0.25) is 0 Å². The van der Waals surface area contributed by atoms with Crippen molar-refractivity contribution in [3.8, 4) is 17.2 Å². The third kappa shape index (κ3) is 4.39. The highest BCUT2D eigenvalue weighted by atomic mass is 16.5. The maximum Gasteiger partial charge on any atom is 0.164 e. The summed E-state index contributed by atoms with van der Waals surface area (Å²) in [5.41, 5.74) is 9.10. The number of hydrogen-bond donors (Lipinski definition) is 1. The second-order valence-corrected chi connectivity index (χ2v) is 5.38. The third-order valence-corrected chi connectivity index (χ3v) is 3.84. The second-order valence-electron chi connectivity index (χ2n) is 5.38. The zero-order valence-electron chi connectivity index (χ0n) is 14.1. The molecule has 0 saturated carbocycles. The van der Waals surface area contributed by atoms with Crippen molar-refractivity contribution < 1.29 is 14.2 Å². The monoisotopic (exact) mass is 315 g/mol. The van der Waals surface area contributed by atoms with E-state index in [0.29, 0.717) is 19.8 Å². The molecule has 0 aliphatic heterocycles. The van der Waals surface area contributed by atoms with E-state index in [4.69, 9.17) is 19.9 Å². The van der Waals surface area contributed by atoms with Crippen LogP contribution in [0.4, 0.5) is 0 Å². The molecular weight excluding hydrogens is 290 g/mol. The fourth-order valence-corrected chi connectivity index (χ4v) is 2.41. The summed E-state index contributed by atoms with van der Waals surface area (Å²) >= 11 is 0. The number of hydrogen-bond acceptors (Lipinski definition) is 4. The Kier molecular flexibility index (Phi) is 6.29. The minimum atomic E-state index is 0.450. The van der Waals surface area contributed by atoms with Crippen molar-refractivity contribution in [2.75, 3.05) is 26.9 Å². The minimum Gasteiger partial charge on any atom is -0.493 e. The lowest BCUT2D eigenvalue weighted by molar-refractivity contribution is 0.209. The summed E-state index contributed by atoms with van der Waals surface area (Å²) in [7, 11) is 1.64. The minimum absolute atomic E-state index is 0.450. The van der Waals surface area contributed by atoms with E-state index in [9.17, 15) is 0 Å². The van der Waals surface area contributed by atoms with Crippen LogP contribution in [0.25, 0.3) is 0 Å². The molecule has 0 atom stereocenters. The van der Waals surface area contributed by atoms with Crippen LogP contribution in [0.5, 0.6) is 17.2 Å². The number of rotatable bonds is 8. The van der Waals surface area contributed by atoms with Crippen LogP contribution in [0, 0.1) is 13.8 Å². The van der Waals surface area contributed by atoms with Crippen molar-refractivity contribution in [3.63, 3.8) is 0 Å². The highest BCUT2D eigenvalue weighted by Gasteiger charge is 2.10. The molecule has 4 heteroatoms. The molecule has 0 fully saturated rings. The normalized spacial score (nSPS) is 10.4. The SMILES string of the molecule is COc1cccc(CCN)c1OCCOc1cccc(C)c1C. The Labute approximate surface area is 138 Å². The molecule has 0 unspecified atom stereocenters. The fourth-order valence-electron chi connectivity index (χ4n) is 2.41. The summed E-state index contributed by atoms with van der Waals surface area (Å²) in [5.74, 6) is 2.38. The summed E-state index contributed by atoms with van der Waals surface area (Å²) in [4.78, 5) is 0. The predicted molar refractivity (Wildman–Crippen MR) is 92.7 cm³/mol. The van der Waals surface area contributed by atoms with E-state index in [1.54, 1.807) is 7.11 Å². The van der Waals surface area contributed by atoms with Crippen LogP contribution >= 0.6 is 0 Å². The van der Waals surface area contributed by atoms with E-state index in [1.807, 2.05) is 30.3 Å².